The van der Waals surface area contributed by atoms with Crippen molar-refractivity contribution >= 4 is 137 Å². The van der Waals surface area contributed by atoms with E-state index in [0.29, 0.717) is 5.75 Å². The average Bonchev–Trinajstić information content (AvgIpc) is 1.64. The number of ether oxygens (including phenoxy) is 7. The van der Waals surface area contributed by atoms with E-state index in [-0.39, 0.29) is 71.6 Å². The first-order valence-electron chi connectivity index (χ1n) is 26.9. The summed E-state index contributed by atoms with van der Waals surface area (Å²) in [6, 6.07) is 10.5. The molecule has 0 bridgehead atoms. The van der Waals surface area contributed by atoms with Crippen molar-refractivity contribution in [1.29, 1.82) is 0 Å². The van der Waals surface area contributed by atoms with Gasteiger partial charge in [-0.2, -0.15) is 21.6 Å². The lowest BCUT2D eigenvalue weighted by Crippen LogP contribution is -2.58. The van der Waals surface area contributed by atoms with Crippen LogP contribution in [0.3, 0.4) is 0 Å². The zero-order valence-electron chi connectivity index (χ0n) is 49.7. The largest absolute Gasteiger partial charge is 0.534 e. The lowest BCUT2D eigenvalue weighted by Gasteiger charge is -2.44. The van der Waals surface area contributed by atoms with Crippen LogP contribution < -0.4 is 33.5 Å². The van der Waals surface area contributed by atoms with Crippen LogP contribution in [0.25, 0.3) is 5.57 Å². The smallest absolute Gasteiger partial charge is 0.497 e. The van der Waals surface area contributed by atoms with Crippen molar-refractivity contribution in [1.82, 2.24) is 9.80 Å². The maximum Gasteiger partial charge on any atom is 0.534 e. The Hall–Kier alpha value is -4.75. The molecular formula is C55H67Cl6F3N4O16SSi2. The quantitative estimate of drug-likeness (QED) is 0.0381. The second-order valence-electron chi connectivity index (χ2n) is 23.6. The highest BCUT2D eigenvalue weighted by Crippen LogP contribution is 2.50. The number of hydrogen-bond acceptors (Lipinski definition) is 16. The molecule has 0 saturated carbocycles. The summed E-state index contributed by atoms with van der Waals surface area (Å²) in [5.41, 5.74) is -4.73. The molecule has 480 valence electrons. The molecule has 3 aromatic rings. The summed E-state index contributed by atoms with van der Waals surface area (Å²) >= 11 is 36.5. The van der Waals surface area contributed by atoms with E-state index in [0.717, 1.165) is 27.1 Å². The fraction of sp³-hybridized carbons (Fsp3) is 0.527. The molecule has 0 spiro atoms. The number of nitrogens with zero attached hydrogens (tertiary/aromatic N) is 4. The van der Waals surface area contributed by atoms with Gasteiger partial charge in [0.15, 0.2) is 52.1 Å². The van der Waals surface area contributed by atoms with Gasteiger partial charge in [0, 0.05) is 37.4 Å². The van der Waals surface area contributed by atoms with Gasteiger partial charge in [0.25, 0.3) is 11.8 Å². The Balaban J connectivity index is 1.25. The minimum absolute atomic E-state index is 0.0162. The number of carbonyl (C=O) groups is 4. The Morgan fingerprint density at radius 1 is 0.609 bits per heavy atom. The number of carbonyl (C=O) groups excluding carboxylic acids is 4. The molecule has 4 aliphatic heterocycles. The third-order valence-corrected chi connectivity index (χ3v) is 26.2. The van der Waals surface area contributed by atoms with Gasteiger partial charge in [-0.3, -0.25) is 9.59 Å². The number of halogens is 9. The first-order chi connectivity index (χ1) is 40.0. The highest BCUT2D eigenvalue weighted by atomic mass is 35.6. The first kappa shape index (κ1) is 69.7. The molecule has 7 rings (SSSR count). The maximum atomic E-state index is 15.1. The molecule has 3 aromatic carbocycles. The summed E-state index contributed by atoms with van der Waals surface area (Å²) in [4.78, 5) is 63.8. The summed E-state index contributed by atoms with van der Waals surface area (Å²) in [6.45, 7) is 17.5. The van der Waals surface area contributed by atoms with Crippen LogP contribution in [-0.2, 0) is 32.6 Å². The fourth-order valence-corrected chi connectivity index (χ4v) is 12.4. The van der Waals surface area contributed by atoms with Gasteiger partial charge in [0.1, 0.15) is 24.7 Å². The van der Waals surface area contributed by atoms with Crippen LogP contribution in [0, 0.1) is 0 Å². The van der Waals surface area contributed by atoms with Crippen molar-refractivity contribution in [3.63, 3.8) is 0 Å². The monoisotopic (exact) mass is 1390 g/mol. The second-order valence-corrected chi connectivity index (χ2v) is 39.7. The minimum atomic E-state index is -6.23. The lowest BCUT2D eigenvalue weighted by molar-refractivity contribution is -0.0523. The molecule has 0 radical (unpaired) electrons. The van der Waals surface area contributed by atoms with E-state index in [4.69, 9.17) is 112 Å². The zero-order valence-corrected chi connectivity index (χ0v) is 57.0. The SMILES string of the molecule is COc1ccc(C2=CN3C(=O)c4cc(OC)c(OCCCOc5cc6c(cc5OC)C(=O)N5C=C(OS(=O)(=O)C(F)(F)F)CC5C(O[Si](C)(C)C(C)(C)C)N6C(=O)OCC(Cl)(Cl)Cl)cc4N(C(=O)OCC(Cl)(Cl)Cl)C(O[Si](C)(C)C(C)(C)C)C3C2)cc1. The number of benzene rings is 3. The first-order valence-corrected chi connectivity index (χ1v) is 36.4. The van der Waals surface area contributed by atoms with E-state index < -0.39 is 124 Å². The van der Waals surface area contributed by atoms with Crippen LogP contribution in [-0.4, -0.2) is 144 Å². The number of amides is 4. The molecule has 20 nitrogen and oxygen atoms in total. The normalized spacial score (nSPS) is 19.4. The molecule has 4 aliphatic rings. The van der Waals surface area contributed by atoms with E-state index in [1.807, 2.05) is 66.8 Å². The van der Waals surface area contributed by atoms with Crippen LogP contribution in [0.5, 0.6) is 28.7 Å². The molecule has 4 atom stereocenters. The fourth-order valence-electron chi connectivity index (χ4n) is 9.14. The highest BCUT2D eigenvalue weighted by Gasteiger charge is 2.55. The van der Waals surface area contributed by atoms with Crippen LogP contribution in [0.1, 0.15) is 87.1 Å². The topological polar surface area (TPSA) is 208 Å². The third-order valence-electron chi connectivity index (χ3n) is 15.6. The van der Waals surface area contributed by atoms with Gasteiger partial charge >= 0.3 is 27.8 Å². The minimum Gasteiger partial charge on any atom is -0.497 e. The summed E-state index contributed by atoms with van der Waals surface area (Å²) < 4.78 is 121. The molecule has 0 aromatic heterocycles. The molecule has 4 unspecified atom stereocenters. The van der Waals surface area contributed by atoms with Crippen molar-refractivity contribution in [2.45, 2.75) is 135 Å². The second kappa shape index (κ2) is 25.9. The number of alkyl halides is 9. The predicted molar refractivity (Wildman–Crippen MR) is 328 cm³/mol. The van der Waals surface area contributed by atoms with Gasteiger partial charge in [-0.15, -0.1) is 0 Å². The number of anilines is 2. The Morgan fingerprint density at radius 2 is 1.02 bits per heavy atom. The van der Waals surface area contributed by atoms with Crippen molar-refractivity contribution in [3.05, 3.63) is 83.4 Å². The summed E-state index contributed by atoms with van der Waals surface area (Å²) in [5.74, 6) is -1.55. The molecule has 32 heteroatoms. The van der Waals surface area contributed by atoms with Crippen molar-refractivity contribution in [2.75, 3.05) is 57.6 Å². The average molecular weight is 1400 g/mol. The van der Waals surface area contributed by atoms with Gasteiger partial charge in [-0.05, 0) is 78.1 Å². The van der Waals surface area contributed by atoms with E-state index in [1.54, 1.807) is 43.4 Å². The molecule has 4 heterocycles. The van der Waals surface area contributed by atoms with Crippen molar-refractivity contribution < 1.29 is 87.0 Å². The molecule has 0 N–H and O–H groups in total. The Labute approximate surface area is 535 Å². The van der Waals surface area contributed by atoms with E-state index in [2.05, 4.69) is 4.18 Å². The Morgan fingerprint density at radius 3 is 1.40 bits per heavy atom. The number of hydrogen-bond donors (Lipinski definition) is 0. The number of rotatable bonds is 18. The Bertz CT molecular complexity index is 3300. The van der Waals surface area contributed by atoms with E-state index >= 15 is 4.79 Å². The van der Waals surface area contributed by atoms with Crippen LogP contribution in [0.4, 0.5) is 34.1 Å². The lowest BCUT2D eigenvalue weighted by atomic mass is 10.0. The zero-order chi connectivity index (χ0) is 64.9. The Kier molecular flexibility index (Phi) is 20.7. The summed E-state index contributed by atoms with van der Waals surface area (Å²) in [7, 11) is -8.01. The molecule has 0 fully saturated rings. The van der Waals surface area contributed by atoms with Crippen LogP contribution >= 0.6 is 69.6 Å². The van der Waals surface area contributed by atoms with E-state index in [1.165, 1.54) is 43.4 Å². The van der Waals surface area contributed by atoms with Gasteiger partial charge in [0.05, 0.1) is 69.1 Å². The number of fused-ring (bicyclic) bond motifs is 4. The molecule has 87 heavy (non-hydrogen) atoms. The third kappa shape index (κ3) is 15.5. The molecule has 4 amide bonds. The van der Waals surface area contributed by atoms with Crippen molar-refractivity contribution in [3.8, 4) is 28.7 Å². The van der Waals surface area contributed by atoms with Crippen LogP contribution in [0.15, 0.2) is 66.7 Å². The number of methoxy groups -OCH3 is 3. The maximum absolute atomic E-state index is 15.1. The predicted octanol–water partition coefficient (Wildman–Crippen LogP) is 14.1. The standard InChI is InChI=1S/C55H67Cl6F3N4O16SSi2/c1-51(2,3)86(10,11)83-47-39-21-32(31-15-17-33(75-7)18-16-31)27-65(39)45(69)35-23-41(76-8)43(25-37(35)67(47)49(71)80-29-53(56,57)58)78-19-14-20-79-44-26-38-36(24-42(44)77-9)46(70)66-28-34(82-85(73,74)55(62,63)64)22-40(66)48(84-87(12,13)52(4,5)6)68(38)50(72)81-30-54(59,60)61/h15-18,23-28,39-40,47-48H,14,19-22,29-30H2,1-13H3. The van der Waals surface area contributed by atoms with Gasteiger partial charge in [-0.1, -0.05) is 123 Å². The molecular weight excluding hydrogens is 1330 g/mol. The van der Waals surface area contributed by atoms with Crippen LogP contribution in [0.2, 0.25) is 36.3 Å². The summed E-state index contributed by atoms with van der Waals surface area (Å²) in [6.07, 6.45) is -2.89. The highest BCUT2D eigenvalue weighted by molar-refractivity contribution is 7.87. The van der Waals surface area contributed by atoms with Gasteiger partial charge < -0.3 is 56.0 Å². The van der Waals surface area contributed by atoms with Crippen molar-refractivity contribution in [2.24, 2.45) is 0 Å². The summed E-state index contributed by atoms with van der Waals surface area (Å²) in [5, 5.41) is -1.01. The van der Waals surface area contributed by atoms with Gasteiger partial charge in [0.2, 0.25) is 7.59 Å². The van der Waals surface area contributed by atoms with E-state index in [9.17, 15) is 36.0 Å². The molecule has 0 aliphatic carbocycles. The van der Waals surface area contributed by atoms with Gasteiger partial charge in [-0.25, -0.2) is 19.4 Å². The molecule has 0 saturated heterocycles.